The maximum atomic E-state index is 12.4. The molecular weight excluding hydrogens is 374 g/mol. The van der Waals surface area contributed by atoms with Gasteiger partial charge < -0.3 is 11.1 Å². The van der Waals surface area contributed by atoms with Crippen LogP contribution in [0, 0.1) is 0 Å². The summed E-state index contributed by atoms with van der Waals surface area (Å²) in [6.07, 6.45) is 2.88. The molecule has 0 saturated heterocycles. The van der Waals surface area contributed by atoms with Crippen molar-refractivity contribution in [2.24, 2.45) is 5.73 Å². The number of carbonyl (C=O) groups is 1. The Morgan fingerprint density at radius 3 is 3.00 bits per heavy atom. The van der Waals surface area contributed by atoms with E-state index in [0.717, 1.165) is 29.2 Å². The molecule has 1 aromatic carbocycles. The lowest BCUT2D eigenvalue weighted by molar-refractivity contribution is 0.102. The van der Waals surface area contributed by atoms with Gasteiger partial charge in [0.05, 0.1) is 11.0 Å². The van der Waals surface area contributed by atoms with E-state index < -0.39 is 0 Å². The number of tetrazole rings is 1. The fourth-order valence-corrected chi connectivity index (χ4v) is 3.33. The lowest BCUT2D eigenvalue weighted by Gasteiger charge is -2.06. The van der Waals surface area contributed by atoms with Gasteiger partial charge in [-0.25, -0.2) is 9.67 Å². The van der Waals surface area contributed by atoms with Crippen LogP contribution in [0.15, 0.2) is 29.6 Å². The van der Waals surface area contributed by atoms with Crippen LogP contribution in [0.4, 0.5) is 5.69 Å². The topological polar surface area (TPSA) is 112 Å². The first kappa shape index (κ1) is 18.4. The summed E-state index contributed by atoms with van der Waals surface area (Å²) in [4.78, 5) is 16.7. The molecule has 0 bridgehead atoms. The molecule has 8 nitrogen and oxygen atoms in total. The third kappa shape index (κ3) is 3.90. The van der Waals surface area contributed by atoms with Crippen LogP contribution < -0.4 is 11.1 Å². The molecule has 4 rings (SSSR count). The second-order valence-corrected chi connectivity index (χ2v) is 6.82. The van der Waals surface area contributed by atoms with E-state index in [0.29, 0.717) is 30.4 Å². The first-order valence-corrected chi connectivity index (χ1v) is 8.96. The normalized spacial score (nSPS) is 13.3. The number of rotatable bonds is 6. The molecule has 136 valence electrons. The van der Waals surface area contributed by atoms with Crippen molar-refractivity contribution in [2.75, 3.05) is 11.9 Å². The molecular formula is C16H18ClN7OS. The first-order chi connectivity index (χ1) is 12.2. The van der Waals surface area contributed by atoms with Crippen molar-refractivity contribution < 1.29 is 4.79 Å². The quantitative estimate of drug-likeness (QED) is 0.666. The van der Waals surface area contributed by atoms with Gasteiger partial charge >= 0.3 is 0 Å². The molecule has 0 unspecified atom stereocenters. The number of halogens is 1. The third-order valence-electron chi connectivity index (χ3n) is 3.91. The largest absolute Gasteiger partial charge is 0.330 e. The Bertz CT molecular complexity index is 905. The summed E-state index contributed by atoms with van der Waals surface area (Å²) < 4.78 is 1.85. The number of aromatic nitrogens is 5. The highest BCUT2D eigenvalue weighted by Crippen LogP contribution is 2.36. The Kier molecular flexibility index (Phi) is 5.60. The van der Waals surface area contributed by atoms with Gasteiger partial charge in [-0.15, -0.1) is 28.8 Å². The summed E-state index contributed by atoms with van der Waals surface area (Å²) in [5, 5.41) is 17.4. The van der Waals surface area contributed by atoms with Gasteiger partial charge in [0, 0.05) is 23.1 Å². The molecule has 2 aromatic heterocycles. The van der Waals surface area contributed by atoms with E-state index in [-0.39, 0.29) is 18.3 Å². The standard InChI is InChI=1S/C16H17N7OS.ClH/c17-7-6-14-19-13(9-25-14)16(24)18-11-3-1-2-10(8-11)15-20-21-22-23(15)12-4-5-12;/h1-3,8-9,12H,4-7,17H2,(H,18,24);1H. The molecule has 1 aliphatic rings. The van der Waals surface area contributed by atoms with Crippen LogP contribution in [0.1, 0.15) is 34.4 Å². The first-order valence-electron chi connectivity index (χ1n) is 8.08. The van der Waals surface area contributed by atoms with E-state index in [1.54, 1.807) is 5.38 Å². The van der Waals surface area contributed by atoms with E-state index in [9.17, 15) is 4.79 Å². The van der Waals surface area contributed by atoms with Crippen molar-refractivity contribution in [1.82, 2.24) is 25.2 Å². The third-order valence-corrected chi connectivity index (χ3v) is 4.82. The number of nitrogens with two attached hydrogens (primary N) is 1. The average Bonchev–Trinajstić information content (AvgIpc) is 3.15. The maximum Gasteiger partial charge on any atom is 0.275 e. The van der Waals surface area contributed by atoms with E-state index >= 15 is 0 Å². The molecule has 26 heavy (non-hydrogen) atoms. The predicted octanol–water partition coefficient (Wildman–Crippen LogP) is 2.31. The molecule has 10 heteroatoms. The van der Waals surface area contributed by atoms with Gasteiger partial charge in [-0.2, -0.15) is 0 Å². The van der Waals surface area contributed by atoms with Crippen molar-refractivity contribution in [3.8, 4) is 11.4 Å². The zero-order valence-corrected chi connectivity index (χ0v) is 15.5. The number of anilines is 1. The minimum atomic E-state index is -0.238. The van der Waals surface area contributed by atoms with Crippen LogP contribution in [0.5, 0.6) is 0 Å². The Morgan fingerprint density at radius 2 is 2.23 bits per heavy atom. The van der Waals surface area contributed by atoms with Gasteiger partial charge in [0.1, 0.15) is 5.69 Å². The Balaban J connectivity index is 0.00000196. The van der Waals surface area contributed by atoms with E-state index in [4.69, 9.17) is 5.73 Å². The molecule has 1 aliphatic carbocycles. The van der Waals surface area contributed by atoms with Crippen molar-refractivity contribution in [2.45, 2.75) is 25.3 Å². The summed E-state index contributed by atoms with van der Waals surface area (Å²) >= 11 is 1.44. The second-order valence-electron chi connectivity index (χ2n) is 5.88. The Labute approximate surface area is 160 Å². The zero-order chi connectivity index (χ0) is 17.2. The van der Waals surface area contributed by atoms with Gasteiger partial charge in [-0.3, -0.25) is 4.79 Å². The SMILES string of the molecule is Cl.NCCc1nc(C(=O)Nc2cccc(-c3nnnn3C3CC3)c2)cs1. The predicted molar refractivity (Wildman–Crippen MR) is 102 cm³/mol. The van der Waals surface area contributed by atoms with E-state index in [2.05, 4.69) is 25.8 Å². The van der Waals surface area contributed by atoms with Gasteiger partial charge in [0.2, 0.25) is 0 Å². The van der Waals surface area contributed by atoms with Crippen LogP contribution in [0.3, 0.4) is 0 Å². The highest BCUT2D eigenvalue weighted by atomic mass is 35.5. The number of hydrogen-bond acceptors (Lipinski definition) is 7. The van der Waals surface area contributed by atoms with Crippen LogP contribution in [-0.2, 0) is 6.42 Å². The van der Waals surface area contributed by atoms with Crippen LogP contribution >= 0.6 is 23.7 Å². The highest BCUT2D eigenvalue weighted by molar-refractivity contribution is 7.09. The smallest absolute Gasteiger partial charge is 0.275 e. The van der Waals surface area contributed by atoms with E-state index in [1.165, 1.54) is 11.3 Å². The molecule has 3 aromatic rings. The van der Waals surface area contributed by atoms with Gasteiger partial charge in [0.25, 0.3) is 5.91 Å². The number of nitrogens with zero attached hydrogens (tertiary/aromatic N) is 5. The minimum Gasteiger partial charge on any atom is -0.330 e. The van der Waals surface area contributed by atoms with Crippen LogP contribution in [-0.4, -0.2) is 37.6 Å². The molecule has 0 atom stereocenters. The van der Waals surface area contributed by atoms with Crippen molar-refractivity contribution in [3.63, 3.8) is 0 Å². The lowest BCUT2D eigenvalue weighted by atomic mass is 10.2. The molecule has 0 aliphatic heterocycles. The lowest BCUT2D eigenvalue weighted by Crippen LogP contribution is -2.13. The summed E-state index contributed by atoms with van der Waals surface area (Å²) in [7, 11) is 0. The second kappa shape index (κ2) is 7.90. The average molecular weight is 392 g/mol. The molecule has 3 N–H and O–H groups in total. The number of amides is 1. The summed E-state index contributed by atoms with van der Waals surface area (Å²) in [5.41, 5.74) is 7.48. The number of nitrogens with one attached hydrogen (secondary N) is 1. The molecule has 2 heterocycles. The highest BCUT2D eigenvalue weighted by Gasteiger charge is 2.28. The molecule has 0 spiro atoms. The minimum absolute atomic E-state index is 0. The van der Waals surface area contributed by atoms with Crippen molar-refractivity contribution in [3.05, 3.63) is 40.3 Å². The van der Waals surface area contributed by atoms with E-state index in [1.807, 2.05) is 28.9 Å². The van der Waals surface area contributed by atoms with Crippen LogP contribution in [0.2, 0.25) is 0 Å². The van der Waals surface area contributed by atoms with Gasteiger partial charge in [0.15, 0.2) is 5.82 Å². The number of carbonyl (C=O) groups excluding carboxylic acids is 1. The van der Waals surface area contributed by atoms with Crippen molar-refractivity contribution >= 4 is 35.3 Å². The maximum absolute atomic E-state index is 12.4. The van der Waals surface area contributed by atoms with Crippen LogP contribution in [0.25, 0.3) is 11.4 Å². The zero-order valence-electron chi connectivity index (χ0n) is 13.8. The van der Waals surface area contributed by atoms with Crippen molar-refractivity contribution in [1.29, 1.82) is 0 Å². The molecule has 1 fully saturated rings. The Morgan fingerprint density at radius 1 is 1.38 bits per heavy atom. The number of thiazole rings is 1. The monoisotopic (exact) mass is 391 g/mol. The number of benzene rings is 1. The molecule has 1 saturated carbocycles. The summed E-state index contributed by atoms with van der Waals surface area (Å²) in [6.45, 7) is 0.520. The fraction of sp³-hybridized carbons (Fsp3) is 0.312. The number of hydrogen-bond donors (Lipinski definition) is 2. The van der Waals surface area contributed by atoms with Gasteiger partial charge in [-0.1, -0.05) is 12.1 Å². The molecule has 1 amide bonds. The summed E-state index contributed by atoms with van der Waals surface area (Å²) in [5.74, 6) is 0.482. The molecule has 0 radical (unpaired) electrons. The van der Waals surface area contributed by atoms with Gasteiger partial charge in [-0.05, 0) is 41.9 Å². The fourth-order valence-electron chi connectivity index (χ4n) is 2.53. The Hall–Kier alpha value is -2.36. The summed E-state index contributed by atoms with van der Waals surface area (Å²) in [6, 6.07) is 7.90.